The molecule has 0 atom stereocenters. The van der Waals surface area contributed by atoms with Crippen molar-refractivity contribution in [3.8, 4) is 0 Å². The van der Waals surface area contributed by atoms with E-state index in [1.54, 1.807) is 6.20 Å². The number of hydrogen-bond acceptors (Lipinski definition) is 4. The van der Waals surface area contributed by atoms with Crippen LogP contribution < -0.4 is 0 Å². The number of nitrogens with zero attached hydrogens (tertiary/aromatic N) is 4. The Morgan fingerprint density at radius 1 is 0.917 bits per heavy atom. The van der Waals surface area contributed by atoms with Crippen LogP contribution in [0.15, 0.2) is 67.4 Å². The summed E-state index contributed by atoms with van der Waals surface area (Å²) in [6.07, 6.45) is 7.40. The molecular formula is C19H22N4O. The summed E-state index contributed by atoms with van der Waals surface area (Å²) >= 11 is 0. The minimum Gasteiger partial charge on any atom is -0.395 e. The van der Waals surface area contributed by atoms with E-state index in [4.69, 9.17) is 0 Å². The lowest BCUT2D eigenvalue weighted by molar-refractivity contribution is 0.181. The zero-order chi connectivity index (χ0) is 16.6. The van der Waals surface area contributed by atoms with E-state index in [2.05, 4.69) is 37.6 Å². The number of aliphatic hydroxyl groups excluding tert-OH is 1. The summed E-state index contributed by atoms with van der Waals surface area (Å²) in [7, 11) is 0. The summed E-state index contributed by atoms with van der Waals surface area (Å²) in [6, 6.07) is 14.3. The molecule has 3 rings (SSSR count). The molecule has 3 aromatic rings. The Kier molecular flexibility index (Phi) is 5.71. The van der Waals surface area contributed by atoms with Gasteiger partial charge in [0.1, 0.15) is 0 Å². The number of imidazole rings is 1. The standard InChI is InChI=1S/C19H22N4O/c24-10-9-22(13-18-7-4-8-20-11-18)15-19-12-21-16-23(19)14-17-5-2-1-3-6-17/h1-8,11-12,16,24H,9-10,13-15H2. The Morgan fingerprint density at radius 3 is 2.50 bits per heavy atom. The molecule has 0 unspecified atom stereocenters. The van der Waals surface area contributed by atoms with Crippen molar-refractivity contribution in [2.45, 2.75) is 19.6 Å². The van der Waals surface area contributed by atoms with Gasteiger partial charge in [-0.15, -0.1) is 0 Å². The summed E-state index contributed by atoms with van der Waals surface area (Å²) in [5, 5.41) is 9.37. The smallest absolute Gasteiger partial charge is 0.0951 e. The molecule has 5 nitrogen and oxygen atoms in total. The van der Waals surface area contributed by atoms with Gasteiger partial charge in [0.25, 0.3) is 0 Å². The molecule has 0 aliphatic rings. The Balaban J connectivity index is 1.70. The first-order valence-electron chi connectivity index (χ1n) is 8.10. The first-order valence-corrected chi connectivity index (χ1v) is 8.10. The second kappa shape index (κ2) is 8.38. The van der Waals surface area contributed by atoms with Crippen LogP contribution in [0.5, 0.6) is 0 Å². The van der Waals surface area contributed by atoms with Gasteiger partial charge in [-0.05, 0) is 17.2 Å². The van der Waals surface area contributed by atoms with Crippen molar-refractivity contribution in [1.29, 1.82) is 0 Å². The molecule has 5 heteroatoms. The van der Waals surface area contributed by atoms with Crippen molar-refractivity contribution in [3.05, 3.63) is 84.2 Å². The van der Waals surface area contributed by atoms with Crippen LogP contribution in [-0.4, -0.2) is 37.7 Å². The molecule has 0 saturated carbocycles. The summed E-state index contributed by atoms with van der Waals surface area (Å²) in [5.41, 5.74) is 3.52. The summed E-state index contributed by atoms with van der Waals surface area (Å²) < 4.78 is 2.16. The van der Waals surface area contributed by atoms with E-state index in [1.165, 1.54) is 5.56 Å². The topological polar surface area (TPSA) is 54.2 Å². The lowest BCUT2D eigenvalue weighted by Crippen LogP contribution is -2.27. The number of aliphatic hydroxyl groups is 1. The van der Waals surface area contributed by atoms with Crippen LogP contribution in [0.1, 0.15) is 16.8 Å². The molecule has 0 spiro atoms. The monoisotopic (exact) mass is 322 g/mol. The first-order chi connectivity index (χ1) is 11.8. The van der Waals surface area contributed by atoms with Gasteiger partial charge < -0.3 is 9.67 Å². The highest BCUT2D eigenvalue weighted by Crippen LogP contribution is 2.11. The fourth-order valence-corrected chi connectivity index (χ4v) is 2.74. The third-order valence-corrected chi connectivity index (χ3v) is 3.93. The van der Waals surface area contributed by atoms with Crippen LogP contribution >= 0.6 is 0 Å². The van der Waals surface area contributed by atoms with E-state index in [-0.39, 0.29) is 6.61 Å². The van der Waals surface area contributed by atoms with Crippen LogP contribution in [0.25, 0.3) is 0 Å². The molecule has 0 bridgehead atoms. The fourth-order valence-electron chi connectivity index (χ4n) is 2.74. The summed E-state index contributed by atoms with van der Waals surface area (Å²) in [6.45, 7) is 3.04. The maximum absolute atomic E-state index is 9.37. The second-order valence-electron chi connectivity index (χ2n) is 5.79. The lowest BCUT2D eigenvalue weighted by atomic mass is 10.2. The average Bonchev–Trinajstić information content (AvgIpc) is 3.04. The van der Waals surface area contributed by atoms with E-state index in [1.807, 2.05) is 43.0 Å². The minimum atomic E-state index is 0.132. The average molecular weight is 322 g/mol. The largest absolute Gasteiger partial charge is 0.395 e. The highest BCUT2D eigenvalue weighted by atomic mass is 16.3. The van der Waals surface area contributed by atoms with E-state index < -0.39 is 0 Å². The summed E-state index contributed by atoms with van der Waals surface area (Å²) in [4.78, 5) is 10.7. The Labute approximate surface area is 142 Å². The number of hydrogen-bond donors (Lipinski definition) is 1. The Hall–Kier alpha value is -2.50. The molecule has 0 fully saturated rings. The summed E-state index contributed by atoms with van der Waals surface area (Å²) in [5.74, 6) is 0. The normalized spacial score (nSPS) is 11.1. The highest BCUT2D eigenvalue weighted by molar-refractivity contribution is 5.16. The van der Waals surface area contributed by atoms with Crippen LogP contribution in [0.4, 0.5) is 0 Å². The van der Waals surface area contributed by atoms with Crippen LogP contribution in [0.3, 0.4) is 0 Å². The molecule has 0 radical (unpaired) electrons. The van der Waals surface area contributed by atoms with Gasteiger partial charge in [-0.3, -0.25) is 9.88 Å². The third kappa shape index (κ3) is 4.50. The molecule has 1 aromatic carbocycles. The molecular weight excluding hydrogens is 300 g/mol. The van der Waals surface area contributed by atoms with Gasteiger partial charge in [0.05, 0.1) is 18.6 Å². The number of benzene rings is 1. The maximum atomic E-state index is 9.37. The van der Waals surface area contributed by atoms with Crippen molar-refractivity contribution < 1.29 is 5.11 Å². The van der Waals surface area contributed by atoms with Gasteiger partial charge in [0, 0.05) is 44.8 Å². The first kappa shape index (κ1) is 16.4. The second-order valence-corrected chi connectivity index (χ2v) is 5.79. The van der Waals surface area contributed by atoms with Crippen molar-refractivity contribution >= 4 is 0 Å². The van der Waals surface area contributed by atoms with Crippen molar-refractivity contribution in [2.75, 3.05) is 13.2 Å². The predicted molar refractivity (Wildman–Crippen MR) is 93.2 cm³/mol. The molecule has 0 amide bonds. The molecule has 124 valence electrons. The van der Waals surface area contributed by atoms with E-state index in [0.717, 1.165) is 30.9 Å². The lowest BCUT2D eigenvalue weighted by Gasteiger charge is -2.22. The maximum Gasteiger partial charge on any atom is 0.0951 e. The molecule has 24 heavy (non-hydrogen) atoms. The number of rotatable bonds is 8. The van der Waals surface area contributed by atoms with Crippen LogP contribution in [-0.2, 0) is 19.6 Å². The molecule has 2 heterocycles. The van der Waals surface area contributed by atoms with Crippen molar-refractivity contribution in [3.63, 3.8) is 0 Å². The Bertz CT molecular complexity index is 727. The molecule has 1 N–H and O–H groups in total. The molecule has 0 aliphatic heterocycles. The molecule has 0 aliphatic carbocycles. The van der Waals surface area contributed by atoms with E-state index in [9.17, 15) is 5.11 Å². The van der Waals surface area contributed by atoms with Crippen LogP contribution in [0.2, 0.25) is 0 Å². The van der Waals surface area contributed by atoms with Gasteiger partial charge in [-0.2, -0.15) is 0 Å². The van der Waals surface area contributed by atoms with E-state index in [0.29, 0.717) is 6.54 Å². The van der Waals surface area contributed by atoms with E-state index >= 15 is 0 Å². The third-order valence-electron chi connectivity index (χ3n) is 3.93. The number of pyridine rings is 1. The highest BCUT2D eigenvalue weighted by Gasteiger charge is 2.10. The molecule has 0 saturated heterocycles. The Morgan fingerprint density at radius 2 is 1.75 bits per heavy atom. The van der Waals surface area contributed by atoms with Gasteiger partial charge in [-0.1, -0.05) is 36.4 Å². The van der Waals surface area contributed by atoms with Gasteiger partial charge in [0.15, 0.2) is 0 Å². The SMILES string of the molecule is OCCN(Cc1cccnc1)Cc1cncn1Cc1ccccc1. The van der Waals surface area contributed by atoms with Gasteiger partial charge in [-0.25, -0.2) is 4.98 Å². The minimum absolute atomic E-state index is 0.132. The van der Waals surface area contributed by atoms with Crippen molar-refractivity contribution in [1.82, 2.24) is 19.4 Å². The van der Waals surface area contributed by atoms with Crippen molar-refractivity contribution in [2.24, 2.45) is 0 Å². The quantitative estimate of drug-likeness (QED) is 0.691. The van der Waals surface area contributed by atoms with Gasteiger partial charge in [0.2, 0.25) is 0 Å². The van der Waals surface area contributed by atoms with Crippen LogP contribution in [0, 0.1) is 0 Å². The zero-order valence-corrected chi connectivity index (χ0v) is 13.6. The number of aromatic nitrogens is 3. The predicted octanol–water partition coefficient (Wildman–Crippen LogP) is 2.32. The molecule has 2 aromatic heterocycles. The fraction of sp³-hybridized carbons (Fsp3) is 0.263. The van der Waals surface area contributed by atoms with Gasteiger partial charge >= 0.3 is 0 Å². The zero-order valence-electron chi connectivity index (χ0n) is 13.6.